The molecule has 5 nitrogen and oxygen atoms in total. The van der Waals surface area contributed by atoms with Crippen molar-refractivity contribution >= 4 is 23.6 Å². The lowest BCUT2D eigenvalue weighted by molar-refractivity contribution is 0.462. The van der Waals surface area contributed by atoms with Crippen LogP contribution < -0.4 is 15.2 Å². The van der Waals surface area contributed by atoms with Gasteiger partial charge in [-0.1, -0.05) is 42.5 Å². The molecule has 3 N–H and O–H groups in total. The Kier molecular flexibility index (Phi) is 6.95. The molecule has 0 fully saturated rings. The van der Waals surface area contributed by atoms with Gasteiger partial charge in [0, 0.05) is 22.2 Å². The fourth-order valence-electron chi connectivity index (χ4n) is 3.58. The van der Waals surface area contributed by atoms with Crippen LogP contribution in [0, 0.1) is 13.8 Å². The van der Waals surface area contributed by atoms with E-state index < -0.39 is 0 Å². The Bertz CT molecular complexity index is 1270. The Morgan fingerprint density at radius 1 is 0.970 bits per heavy atom. The third kappa shape index (κ3) is 5.73. The van der Waals surface area contributed by atoms with Crippen LogP contribution in [0.25, 0.3) is 11.3 Å². The molecular formula is C27H26N4OS. The molecule has 0 aliphatic rings. The van der Waals surface area contributed by atoms with E-state index in [0.717, 1.165) is 45.0 Å². The number of hydrogen-bond donors (Lipinski definition) is 2. The van der Waals surface area contributed by atoms with Gasteiger partial charge in [-0.2, -0.15) is 4.98 Å². The van der Waals surface area contributed by atoms with E-state index in [-0.39, 0.29) is 0 Å². The fourth-order valence-corrected chi connectivity index (χ4v) is 4.22. The minimum absolute atomic E-state index is 0.458. The Labute approximate surface area is 198 Å². The number of hydrogen-bond acceptors (Lipinski definition) is 6. The molecule has 0 saturated carbocycles. The van der Waals surface area contributed by atoms with Gasteiger partial charge in [0.15, 0.2) is 0 Å². The van der Waals surface area contributed by atoms with Crippen molar-refractivity contribution in [3.63, 3.8) is 0 Å². The molecule has 6 heteroatoms. The molecule has 0 atom stereocenters. The maximum atomic E-state index is 6.16. The average Bonchev–Trinajstić information content (AvgIpc) is 2.78. The molecule has 166 valence electrons. The summed E-state index contributed by atoms with van der Waals surface area (Å²) in [6, 6.07) is 23.7. The molecule has 0 radical (unpaired) electrons. The summed E-state index contributed by atoms with van der Waals surface area (Å²) in [5, 5.41) is 0. The van der Waals surface area contributed by atoms with Crippen LogP contribution in [0.4, 0.5) is 11.6 Å². The lowest BCUT2D eigenvalue weighted by Gasteiger charge is -2.14. The Balaban J connectivity index is 1.70. The molecule has 0 amide bonds. The second-order valence-corrected chi connectivity index (χ2v) is 8.58. The van der Waals surface area contributed by atoms with E-state index >= 15 is 0 Å². The van der Waals surface area contributed by atoms with Gasteiger partial charge in [0.2, 0.25) is 11.8 Å². The van der Waals surface area contributed by atoms with Gasteiger partial charge in [0.05, 0.1) is 5.69 Å². The smallest absolute Gasteiger partial charge is 0.237 e. The predicted octanol–water partition coefficient (Wildman–Crippen LogP) is 6.98. The van der Waals surface area contributed by atoms with E-state index in [0.29, 0.717) is 17.5 Å². The lowest BCUT2D eigenvalue weighted by atomic mass is 10.00. The number of nitrogens with zero attached hydrogens (tertiary/aromatic N) is 2. The maximum Gasteiger partial charge on any atom is 0.237 e. The van der Waals surface area contributed by atoms with Gasteiger partial charge in [0.1, 0.15) is 5.75 Å². The van der Waals surface area contributed by atoms with E-state index in [1.807, 2.05) is 66.7 Å². The van der Waals surface area contributed by atoms with Crippen LogP contribution >= 0.6 is 11.9 Å². The second-order valence-electron chi connectivity index (χ2n) is 7.70. The van der Waals surface area contributed by atoms with Gasteiger partial charge >= 0.3 is 0 Å². The molecule has 4 aromatic rings. The third-order valence-electron chi connectivity index (χ3n) is 5.06. The van der Waals surface area contributed by atoms with Gasteiger partial charge in [-0.05, 0) is 79.2 Å². The summed E-state index contributed by atoms with van der Waals surface area (Å²) in [5.74, 6) is 1.64. The van der Waals surface area contributed by atoms with Gasteiger partial charge in [-0.3, -0.25) is 4.72 Å². The number of nitrogens with two attached hydrogens (primary N) is 1. The zero-order chi connectivity index (χ0) is 23.2. The third-order valence-corrected chi connectivity index (χ3v) is 5.83. The van der Waals surface area contributed by atoms with Crippen LogP contribution in [0.15, 0.2) is 90.3 Å². The number of aryl methyl sites for hydroxylation is 2. The summed E-state index contributed by atoms with van der Waals surface area (Å²) >= 11 is 1.40. The number of benzene rings is 3. The van der Waals surface area contributed by atoms with E-state index in [1.54, 1.807) is 0 Å². The van der Waals surface area contributed by atoms with Crippen molar-refractivity contribution in [3.05, 3.63) is 102 Å². The van der Waals surface area contributed by atoms with E-state index in [9.17, 15) is 0 Å². The highest BCUT2D eigenvalue weighted by molar-refractivity contribution is 8.00. The number of nitrogen functional groups attached to an aromatic ring is 1. The standard InChI is InChI=1S/C27H26N4OS/c1-4-8-20-11-6-13-22(15-20)32-25-17-24(26-18(2)9-5-10-19(26)3)29-27(30-25)31-33-23-14-7-12-21(28)16-23/h4-7,9-17H,1,8,28H2,2-3H3,(H,29,30,31). The van der Waals surface area contributed by atoms with Gasteiger partial charge in [-0.25, -0.2) is 4.98 Å². The summed E-state index contributed by atoms with van der Waals surface area (Å²) in [5.41, 5.74) is 11.9. The average molecular weight is 455 g/mol. The quantitative estimate of drug-likeness (QED) is 0.170. The van der Waals surface area contributed by atoms with Crippen molar-refractivity contribution in [1.82, 2.24) is 9.97 Å². The summed E-state index contributed by atoms with van der Waals surface area (Å²) in [6.45, 7) is 7.98. The van der Waals surface area contributed by atoms with Crippen molar-refractivity contribution < 1.29 is 4.74 Å². The van der Waals surface area contributed by atoms with E-state index in [2.05, 4.69) is 42.3 Å². The van der Waals surface area contributed by atoms with Gasteiger partial charge in [-0.15, -0.1) is 6.58 Å². The molecule has 0 unspecified atom stereocenters. The first kappa shape index (κ1) is 22.4. The number of anilines is 2. The normalized spacial score (nSPS) is 10.6. The molecule has 0 aliphatic heterocycles. The number of ether oxygens (including phenoxy) is 1. The topological polar surface area (TPSA) is 73.1 Å². The summed E-state index contributed by atoms with van der Waals surface area (Å²) in [4.78, 5) is 10.4. The molecule has 3 aromatic carbocycles. The SMILES string of the molecule is C=CCc1cccc(Oc2cc(-c3c(C)cccc3C)nc(NSc3cccc(N)c3)n2)c1. The second kappa shape index (κ2) is 10.2. The largest absolute Gasteiger partial charge is 0.439 e. The van der Waals surface area contributed by atoms with Gasteiger partial charge < -0.3 is 10.5 Å². The number of nitrogens with one attached hydrogen (secondary N) is 1. The van der Waals surface area contributed by atoms with Crippen molar-refractivity contribution in [2.24, 2.45) is 0 Å². The van der Waals surface area contributed by atoms with Crippen LogP contribution in [0.2, 0.25) is 0 Å². The number of rotatable bonds is 8. The monoisotopic (exact) mass is 454 g/mol. The Morgan fingerprint density at radius 3 is 2.48 bits per heavy atom. The van der Waals surface area contributed by atoms with Crippen LogP contribution in [0.3, 0.4) is 0 Å². The van der Waals surface area contributed by atoms with Crippen LogP contribution in [0.5, 0.6) is 11.6 Å². The molecule has 0 saturated heterocycles. The highest BCUT2D eigenvalue weighted by Gasteiger charge is 2.13. The van der Waals surface area contributed by atoms with Crippen molar-refractivity contribution in [1.29, 1.82) is 0 Å². The van der Waals surface area contributed by atoms with E-state index in [4.69, 9.17) is 15.5 Å². The van der Waals surface area contributed by atoms with Crippen molar-refractivity contribution in [3.8, 4) is 22.9 Å². The zero-order valence-corrected chi connectivity index (χ0v) is 19.5. The lowest BCUT2D eigenvalue weighted by Crippen LogP contribution is -2.01. The molecule has 1 aromatic heterocycles. The predicted molar refractivity (Wildman–Crippen MR) is 138 cm³/mol. The number of aromatic nitrogens is 2. The maximum absolute atomic E-state index is 6.16. The molecule has 0 aliphatic carbocycles. The minimum atomic E-state index is 0.458. The summed E-state index contributed by atoms with van der Waals surface area (Å²) in [7, 11) is 0. The highest BCUT2D eigenvalue weighted by Crippen LogP contribution is 2.32. The molecular weight excluding hydrogens is 428 g/mol. The van der Waals surface area contributed by atoms with Gasteiger partial charge in [0.25, 0.3) is 0 Å². The minimum Gasteiger partial charge on any atom is -0.439 e. The fraction of sp³-hybridized carbons (Fsp3) is 0.111. The molecule has 1 heterocycles. The Morgan fingerprint density at radius 2 is 1.73 bits per heavy atom. The number of allylic oxidation sites excluding steroid dienone is 1. The first-order valence-electron chi connectivity index (χ1n) is 10.6. The van der Waals surface area contributed by atoms with Crippen molar-refractivity contribution in [2.75, 3.05) is 10.5 Å². The molecule has 4 rings (SSSR count). The van der Waals surface area contributed by atoms with Crippen LogP contribution in [0.1, 0.15) is 16.7 Å². The van der Waals surface area contributed by atoms with Crippen LogP contribution in [-0.4, -0.2) is 9.97 Å². The zero-order valence-electron chi connectivity index (χ0n) is 18.7. The highest BCUT2D eigenvalue weighted by atomic mass is 32.2. The first-order valence-corrected chi connectivity index (χ1v) is 11.5. The molecule has 0 bridgehead atoms. The Hall–Kier alpha value is -3.77. The van der Waals surface area contributed by atoms with Crippen LogP contribution in [-0.2, 0) is 6.42 Å². The van der Waals surface area contributed by atoms with Crippen molar-refractivity contribution in [2.45, 2.75) is 25.2 Å². The summed E-state index contributed by atoms with van der Waals surface area (Å²) < 4.78 is 9.41. The first-order chi connectivity index (χ1) is 16.0. The summed E-state index contributed by atoms with van der Waals surface area (Å²) in [6.07, 6.45) is 2.65. The molecule has 0 spiro atoms. The molecule has 33 heavy (non-hydrogen) atoms. The van der Waals surface area contributed by atoms with E-state index in [1.165, 1.54) is 11.9 Å².